The minimum Gasteiger partial charge on any atom is -0.383 e. The smallest absolute Gasteiger partial charge is 0.239 e. The molecule has 6 heteroatoms. The van der Waals surface area contributed by atoms with E-state index in [2.05, 4.69) is 5.32 Å². The first-order valence-electron chi connectivity index (χ1n) is 7.76. The van der Waals surface area contributed by atoms with Crippen LogP contribution in [0.25, 0.3) is 0 Å². The predicted molar refractivity (Wildman–Crippen MR) is 81.6 cm³/mol. The Morgan fingerprint density at radius 2 is 1.86 bits per heavy atom. The van der Waals surface area contributed by atoms with Crippen molar-refractivity contribution < 1.29 is 14.3 Å². The van der Waals surface area contributed by atoms with Crippen molar-refractivity contribution in [2.75, 3.05) is 40.4 Å². The molecule has 1 aliphatic rings. The molecule has 21 heavy (non-hydrogen) atoms. The molecule has 0 unspecified atom stereocenters. The van der Waals surface area contributed by atoms with Crippen molar-refractivity contribution >= 4 is 11.8 Å². The van der Waals surface area contributed by atoms with Gasteiger partial charge in [-0.1, -0.05) is 0 Å². The van der Waals surface area contributed by atoms with Gasteiger partial charge in [0.25, 0.3) is 0 Å². The lowest BCUT2D eigenvalue weighted by molar-refractivity contribution is -0.135. The Morgan fingerprint density at radius 3 is 2.43 bits per heavy atom. The van der Waals surface area contributed by atoms with Crippen LogP contribution in [0.15, 0.2) is 0 Å². The molecule has 6 nitrogen and oxygen atoms in total. The van der Waals surface area contributed by atoms with Gasteiger partial charge in [-0.25, -0.2) is 0 Å². The van der Waals surface area contributed by atoms with Crippen LogP contribution in [0.5, 0.6) is 0 Å². The lowest BCUT2D eigenvalue weighted by Gasteiger charge is -2.28. The van der Waals surface area contributed by atoms with Crippen LogP contribution in [-0.4, -0.2) is 57.1 Å². The first kappa shape index (κ1) is 17.9. The summed E-state index contributed by atoms with van der Waals surface area (Å²) in [5.41, 5.74) is 5.67. The first-order chi connectivity index (χ1) is 10.1. The second-order valence-electron chi connectivity index (χ2n) is 5.92. The van der Waals surface area contributed by atoms with Crippen molar-refractivity contribution in [3.8, 4) is 0 Å². The lowest BCUT2D eigenvalue weighted by atomic mass is 9.80. The Morgan fingerprint density at radius 1 is 1.24 bits per heavy atom. The molecule has 1 rings (SSSR count). The second kappa shape index (κ2) is 9.73. The molecule has 0 spiro atoms. The molecule has 1 fully saturated rings. The van der Waals surface area contributed by atoms with Gasteiger partial charge in [-0.05, 0) is 44.1 Å². The molecule has 1 aliphatic carbocycles. The number of rotatable bonds is 8. The molecule has 0 atom stereocenters. The summed E-state index contributed by atoms with van der Waals surface area (Å²) in [6.45, 7) is 1.82. The van der Waals surface area contributed by atoms with Gasteiger partial charge in [0, 0.05) is 27.1 Å². The highest BCUT2D eigenvalue weighted by Crippen LogP contribution is 2.30. The summed E-state index contributed by atoms with van der Waals surface area (Å²) in [6, 6.07) is 0. The van der Waals surface area contributed by atoms with E-state index in [1.807, 2.05) is 0 Å². The van der Waals surface area contributed by atoms with Gasteiger partial charge in [0.1, 0.15) is 0 Å². The summed E-state index contributed by atoms with van der Waals surface area (Å²) in [6.07, 6.45) is 4.92. The Balaban J connectivity index is 2.23. The van der Waals surface area contributed by atoms with Crippen LogP contribution < -0.4 is 11.1 Å². The Bertz CT molecular complexity index is 328. The van der Waals surface area contributed by atoms with Crippen molar-refractivity contribution in [1.82, 2.24) is 10.2 Å². The molecule has 0 heterocycles. The van der Waals surface area contributed by atoms with Crippen LogP contribution in [0, 0.1) is 11.8 Å². The third-order valence-corrected chi connectivity index (χ3v) is 4.20. The predicted octanol–water partition coefficient (Wildman–Crippen LogP) is 0.363. The molecule has 0 aromatic rings. The van der Waals surface area contributed by atoms with Crippen molar-refractivity contribution in [2.45, 2.75) is 32.1 Å². The van der Waals surface area contributed by atoms with E-state index in [1.165, 1.54) is 4.90 Å². The van der Waals surface area contributed by atoms with Crippen molar-refractivity contribution in [1.29, 1.82) is 0 Å². The maximum absolute atomic E-state index is 12.1. The standard InChI is InChI=1S/C15H29N3O3/c1-18(11-14(19)17-7-8-21-2)15(20)9-12-3-5-13(10-16)6-4-12/h12-13H,3-11,16H2,1-2H3,(H,17,19). The van der Waals surface area contributed by atoms with E-state index < -0.39 is 0 Å². The zero-order valence-corrected chi connectivity index (χ0v) is 13.3. The zero-order valence-electron chi connectivity index (χ0n) is 13.3. The van der Waals surface area contributed by atoms with Crippen molar-refractivity contribution in [2.24, 2.45) is 17.6 Å². The first-order valence-corrected chi connectivity index (χ1v) is 7.76. The summed E-state index contributed by atoms with van der Waals surface area (Å²) < 4.78 is 4.86. The molecular weight excluding hydrogens is 270 g/mol. The quantitative estimate of drug-likeness (QED) is 0.634. The molecule has 2 amide bonds. The molecule has 0 saturated heterocycles. The van der Waals surface area contributed by atoms with Crippen LogP contribution in [0.3, 0.4) is 0 Å². The topological polar surface area (TPSA) is 84.7 Å². The van der Waals surface area contributed by atoms with Gasteiger partial charge in [0.15, 0.2) is 0 Å². The van der Waals surface area contributed by atoms with Gasteiger partial charge in [-0.2, -0.15) is 0 Å². The van der Waals surface area contributed by atoms with E-state index in [4.69, 9.17) is 10.5 Å². The highest BCUT2D eigenvalue weighted by molar-refractivity contribution is 5.84. The molecular formula is C15H29N3O3. The van der Waals surface area contributed by atoms with Crippen molar-refractivity contribution in [3.63, 3.8) is 0 Å². The number of methoxy groups -OCH3 is 1. The molecule has 0 aliphatic heterocycles. The zero-order chi connectivity index (χ0) is 15.7. The summed E-state index contributed by atoms with van der Waals surface area (Å²) in [5, 5.41) is 2.71. The average Bonchev–Trinajstić information content (AvgIpc) is 2.48. The van der Waals surface area contributed by atoms with E-state index in [9.17, 15) is 9.59 Å². The highest BCUT2D eigenvalue weighted by atomic mass is 16.5. The van der Waals surface area contributed by atoms with Gasteiger partial charge in [-0.15, -0.1) is 0 Å². The highest BCUT2D eigenvalue weighted by Gasteiger charge is 2.24. The van der Waals surface area contributed by atoms with Gasteiger partial charge in [-0.3, -0.25) is 9.59 Å². The summed E-state index contributed by atoms with van der Waals surface area (Å²) in [5.74, 6) is 0.975. The number of carbonyl (C=O) groups excluding carboxylic acids is 2. The fourth-order valence-electron chi connectivity index (χ4n) is 2.73. The third-order valence-electron chi connectivity index (χ3n) is 4.20. The summed E-state index contributed by atoms with van der Waals surface area (Å²) >= 11 is 0. The van der Waals surface area contributed by atoms with E-state index in [0.29, 0.717) is 31.4 Å². The van der Waals surface area contributed by atoms with Gasteiger partial charge in [0.2, 0.25) is 11.8 Å². The molecule has 0 bridgehead atoms. The second-order valence-corrected chi connectivity index (χ2v) is 5.92. The Hall–Kier alpha value is -1.14. The third kappa shape index (κ3) is 6.91. The van der Waals surface area contributed by atoms with Crippen LogP contribution >= 0.6 is 0 Å². The molecule has 0 aromatic heterocycles. The molecule has 0 aromatic carbocycles. The SMILES string of the molecule is COCCNC(=O)CN(C)C(=O)CC1CCC(CN)CC1. The number of likely N-dealkylation sites (N-methyl/N-ethyl adjacent to an activating group) is 1. The Kier molecular flexibility index (Phi) is 8.30. The fraction of sp³-hybridized carbons (Fsp3) is 0.867. The van der Waals surface area contributed by atoms with Crippen molar-refractivity contribution in [3.05, 3.63) is 0 Å². The van der Waals surface area contributed by atoms with Crippen LogP contribution in [0.1, 0.15) is 32.1 Å². The van der Waals surface area contributed by atoms with Gasteiger partial charge < -0.3 is 20.7 Å². The fourth-order valence-corrected chi connectivity index (χ4v) is 2.73. The number of hydrogen-bond donors (Lipinski definition) is 2. The monoisotopic (exact) mass is 299 g/mol. The lowest BCUT2D eigenvalue weighted by Crippen LogP contribution is -2.40. The number of ether oxygens (including phenoxy) is 1. The van der Waals surface area contributed by atoms with Gasteiger partial charge >= 0.3 is 0 Å². The Labute approximate surface area is 127 Å². The number of nitrogens with zero attached hydrogens (tertiary/aromatic N) is 1. The number of nitrogens with one attached hydrogen (secondary N) is 1. The maximum atomic E-state index is 12.1. The number of hydrogen-bond acceptors (Lipinski definition) is 4. The van der Waals surface area contributed by atoms with E-state index in [-0.39, 0.29) is 18.4 Å². The minimum atomic E-state index is -0.144. The van der Waals surface area contributed by atoms with Crippen LogP contribution in [-0.2, 0) is 14.3 Å². The average molecular weight is 299 g/mol. The number of carbonyl (C=O) groups is 2. The van der Waals surface area contributed by atoms with Crippen LogP contribution in [0.2, 0.25) is 0 Å². The maximum Gasteiger partial charge on any atom is 0.239 e. The van der Waals surface area contributed by atoms with E-state index in [1.54, 1.807) is 14.2 Å². The van der Waals surface area contributed by atoms with E-state index >= 15 is 0 Å². The van der Waals surface area contributed by atoms with E-state index in [0.717, 1.165) is 32.2 Å². The molecule has 1 saturated carbocycles. The summed E-state index contributed by atoms with van der Waals surface area (Å²) in [7, 11) is 3.27. The van der Waals surface area contributed by atoms with Crippen LogP contribution in [0.4, 0.5) is 0 Å². The largest absolute Gasteiger partial charge is 0.383 e. The minimum absolute atomic E-state index is 0.0492. The molecule has 0 radical (unpaired) electrons. The normalized spacial score (nSPS) is 21.9. The molecule has 122 valence electrons. The number of amides is 2. The van der Waals surface area contributed by atoms with Gasteiger partial charge in [0.05, 0.1) is 13.2 Å². The number of nitrogens with two attached hydrogens (primary N) is 1. The summed E-state index contributed by atoms with van der Waals surface area (Å²) in [4.78, 5) is 25.3. The molecule has 3 N–H and O–H groups in total.